The minimum absolute atomic E-state index is 0.286. The van der Waals surface area contributed by atoms with Crippen LogP contribution in [-0.4, -0.2) is 21.2 Å². The summed E-state index contributed by atoms with van der Waals surface area (Å²) in [5.74, 6) is 0. The maximum atomic E-state index is 12.4. The van der Waals surface area contributed by atoms with E-state index < -0.39 is 28.0 Å². The molecule has 0 aromatic carbocycles. The lowest BCUT2D eigenvalue weighted by Gasteiger charge is -2.25. The van der Waals surface area contributed by atoms with Crippen molar-refractivity contribution in [3.8, 4) is 0 Å². The Hall–Kier alpha value is -0.360. The topological polar surface area (TPSA) is 29.1 Å². The summed E-state index contributed by atoms with van der Waals surface area (Å²) >= 11 is 0. The Morgan fingerprint density at radius 3 is 2.13 bits per heavy atom. The Balaban J connectivity index is 4.57. The van der Waals surface area contributed by atoms with Crippen LogP contribution < -0.4 is 4.72 Å². The Morgan fingerprint density at radius 1 is 1.40 bits per heavy atom. The van der Waals surface area contributed by atoms with Gasteiger partial charge in [0.1, 0.15) is 6.04 Å². The fraction of sp³-hybridized carbons (Fsp3) is 0.778. The van der Waals surface area contributed by atoms with Crippen molar-refractivity contribution in [2.45, 2.75) is 44.2 Å². The van der Waals surface area contributed by atoms with E-state index in [4.69, 9.17) is 0 Å². The molecule has 0 fully saturated rings. The molecule has 0 aliphatic carbocycles. The van der Waals surface area contributed by atoms with Crippen LogP contribution in [0, 0.1) is 0 Å². The van der Waals surface area contributed by atoms with E-state index in [0.717, 1.165) is 6.08 Å². The van der Waals surface area contributed by atoms with Crippen molar-refractivity contribution < 1.29 is 17.4 Å². The number of hydrogen-bond acceptors (Lipinski definition) is 1. The molecule has 0 saturated heterocycles. The minimum atomic E-state index is -4.41. The van der Waals surface area contributed by atoms with Gasteiger partial charge in [0.05, 0.1) is 15.7 Å². The van der Waals surface area contributed by atoms with Gasteiger partial charge in [0.25, 0.3) is 0 Å². The first-order valence-corrected chi connectivity index (χ1v) is 5.59. The van der Waals surface area contributed by atoms with Crippen LogP contribution in [0.2, 0.25) is 0 Å². The second-order valence-corrected chi connectivity index (χ2v) is 6.12. The summed E-state index contributed by atoms with van der Waals surface area (Å²) in [7, 11) is -1.73. The van der Waals surface area contributed by atoms with Gasteiger partial charge in [0.15, 0.2) is 0 Å². The maximum Gasteiger partial charge on any atom is 0.405 e. The summed E-state index contributed by atoms with van der Waals surface area (Å²) in [5.41, 5.74) is 0. The van der Waals surface area contributed by atoms with Crippen molar-refractivity contribution in [1.82, 2.24) is 4.72 Å². The minimum Gasteiger partial charge on any atom is -0.242 e. The number of rotatable bonds is 4. The molecule has 0 heterocycles. The second kappa shape index (κ2) is 5.12. The molecular weight excluding hydrogens is 227 g/mol. The molecule has 0 aliphatic rings. The van der Waals surface area contributed by atoms with Crippen LogP contribution in [-0.2, 0) is 11.0 Å². The predicted molar refractivity (Wildman–Crippen MR) is 55.7 cm³/mol. The van der Waals surface area contributed by atoms with Crippen molar-refractivity contribution in [1.29, 1.82) is 0 Å². The molecule has 0 saturated carbocycles. The van der Waals surface area contributed by atoms with Gasteiger partial charge in [0.2, 0.25) is 0 Å². The average molecular weight is 243 g/mol. The molecule has 0 aromatic heterocycles. The SMILES string of the molecule is C=CC[C@@H](N[S@@](=O)C(C)(C)C)C(F)(F)F. The van der Waals surface area contributed by atoms with E-state index in [1.165, 1.54) is 0 Å². The van der Waals surface area contributed by atoms with Gasteiger partial charge < -0.3 is 0 Å². The Bertz CT molecular complexity index is 245. The summed E-state index contributed by atoms with van der Waals surface area (Å²) in [6.07, 6.45) is -3.54. The fourth-order valence-corrected chi connectivity index (χ4v) is 1.56. The molecule has 0 bridgehead atoms. The molecule has 1 N–H and O–H groups in total. The molecule has 2 atom stereocenters. The molecule has 0 rings (SSSR count). The van der Waals surface area contributed by atoms with E-state index in [1.54, 1.807) is 20.8 Å². The van der Waals surface area contributed by atoms with Gasteiger partial charge in [-0.3, -0.25) is 0 Å². The van der Waals surface area contributed by atoms with Crippen LogP contribution in [0.3, 0.4) is 0 Å². The lowest BCUT2D eigenvalue weighted by atomic mass is 10.2. The first-order chi connectivity index (χ1) is 6.59. The van der Waals surface area contributed by atoms with E-state index >= 15 is 0 Å². The smallest absolute Gasteiger partial charge is 0.242 e. The zero-order valence-corrected chi connectivity index (χ0v) is 9.84. The van der Waals surface area contributed by atoms with E-state index in [2.05, 4.69) is 11.3 Å². The summed E-state index contributed by atoms with van der Waals surface area (Å²) in [5, 5.41) is 0. The molecule has 0 aliphatic heterocycles. The first kappa shape index (κ1) is 14.6. The highest BCUT2D eigenvalue weighted by molar-refractivity contribution is 7.84. The van der Waals surface area contributed by atoms with Crippen LogP contribution >= 0.6 is 0 Å². The van der Waals surface area contributed by atoms with Gasteiger partial charge in [-0.05, 0) is 27.2 Å². The van der Waals surface area contributed by atoms with Crippen molar-refractivity contribution in [2.75, 3.05) is 0 Å². The number of hydrogen-bond donors (Lipinski definition) is 1. The van der Waals surface area contributed by atoms with Crippen LogP contribution in [0.15, 0.2) is 12.7 Å². The third-order valence-corrected chi connectivity index (χ3v) is 3.21. The number of alkyl halides is 3. The van der Waals surface area contributed by atoms with E-state index in [0.29, 0.717) is 0 Å². The van der Waals surface area contributed by atoms with Crippen molar-refractivity contribution in [3.63, 3.8) is 0 Å². The third-order valence-electron chi connectivity index (χ3n) is 1.60. The lowest BCUT2D eigenvalue weighted by molar-refractivity contribution is -0.150. The van der Waals surface area contributed by atoms with Gasteiger partial charge in [-0.25, -0.2) is 8.93 Å². The monoisotopic (exact) mass is 243 g/mol. The number of halogens is 3. The van der Waals surface area contributed by atoms with Crippen LogP contribution in [0.25, 0.3) is 0 Å². The molecule has 15 heavy (non-hydrogen) atoms. The van der Waals surface area contributed by atoms with Crippen molar-refractivity contribution >= 4 is 11.0 Å². The Kier molecular flexibility index (Phi) is 4.99. The molecule has 0 radical (unpaired) electrons. The highest BCUT2D eigenvalue weighted by atomic mass is 32.2. The fourth-order valence-electron chi connectivity index (χ4n) is 0.721. The summed E-state index contributed by atoms with van der Waals surface area (Å²) < 4.78 is 50.1. The van der Waals surface area contributed by atoms with Gasteiger partial charge in [-0.15, -0.1) is 6.58 Å². The highest BCUT2D eigenvalue weighted by Gasteiger charge is 2.40. The molecule has 0 amide bonds. The lowest BCUT2D eigenvalue weighted by Crippen LogP contribution is -2.47. The highest BCUT2D eigenvalue weighted by Crippen LogP contribution is 2.24. The van der Waals surface area contributed by atoms with E-state index in [9.17, 15) is 17.4 Å². The zero-order chi connectivity index (χ0) is 12.3. The predicted octanol–water partition coefficient (Wildman–Crippen LogP) is 2.55. The zero-order valence-electron chi connectivity index (χ0n) is 9.02. The van der Waals surface area contributed by atoms with Gasteiger partial charge >= 0.3 is 6.18 Å². The average Bonchev–Trinajstić information content (AvgIpc) is 1.99. The van der Waals surface area contributed by atoms with Gasteiger partial charge in [0, 0.05) is 0 Å². The standard InChI is InChI=1S/C9H16F3NOS/c1-5-6-7(9(10,11)12)13-15(14)8(2,3)4/h5,7,13H,1,6H2,2-4H3/t7-,15+/m1/s1. The molecule has 0 unspecified atom stereocenters. The third kappa shape index (κ3) is 5.32. The van der Waals surface area contributed by atoms with E-state index in [-0.39, 0.29) is 6.42 Å². The van der Waals surface area contributed by atoms with E-state index in [1.807, 2.05) is 0 Å². The molecule has 0 spiro atoms. The molecule has 90 valence electrons. The van der Waals surface area contributed by atoms with Crippen LogP contribution in [0.5, 0.6) is 0 Å². The Morgan fingerprint density at radius 2 is 1.87 bits per heavy atom. The second-order valence-electron chi connectivity index (χ2n) is 4.12. The van der Waals surface area contributed by atoms with Crippen LogP contribution in [0.4, 0.5) is 13.2 Å². The molecular formula is C9H16F3NOS. The number of nitrogens with one attached hydrogen (secondary N) is 1. The van der Waals surface area contributed by atoms with Crippen molar-refractivity contribution in [3.05, 3.63) is 12.7 Å². The maximum absolute atomic E-state index is 12.4. The molecule has 6 heteroatoms. The normalized spacial score (nSPS) is 17.2. The molecule has 0 aromatic rings. The molecule has 2 nitrogen and oxygen atoms in total. The quantitative estimate of drug-likeness (QED) is 0.755. The Labute approximate surface area is 90.5 Å². The van der Waals surface area contributed by atoms with Crippen molar-refractivity contribution in [2.24, 2.45) is 0 Å². The summed E-state index contributed by atoms with van der Waals surface area (Å²) in [6, 6.07) is -1.80. The van der Waals surface area contributed by atoms with Crippen LogP contribution in [0.1, 0.15) is 27.2 Å². The van der Waals surface area contributed by atoms with Gasteiger partial charge in [-0.1, -0.05) is 6.08 Å². The summed E-state index contributed by atoms with van der Waals surface area (Å²) in [4.78, 5) is 0. The summed E-state index contributed by atoms with van der Waals surface area (Å²) in [6.45, 7) is 8.07. The largest absolute Gasteiger partial charge is 0.405 e. The first-order valence-electron chi connectivity index (χ1n) is 4.44. The van der Waals surface area contributed by atoms with Gasteiger partial charge in [-0.2, -0.15) is 13.2 Å².